The van der Waals surface area contributed by atoms with Crippen molar-refractivity contribution in [2.45, 2.75) is 64.6 Å². The lowest BCUT2D eigenvalue weighted by Crippen LogP contribution is -2.38. The van der Waals surface area contributed by atoms with E-state index in [2.05, 4.69) is 10.3 Å². The number of aryl methyl sites for hydroxylation is 1. The zero-order valence-corrected chi connectivity index (χ0v) is 12.8. The van der Waals surface area contributed by atoms with Crippen molar-refractivity contribution in [3.63, 3.8) is 0 Å². The van der Waals surface area contributed by atoms with E-state index in [-0.39, 0.29) is 12.1 Å². The quantitative estimate of drug-likeness (QED) is 0.831. The van der Waals surface area contributed by atoms with E-state index < -0.39 is 0 Å². The Kier molecular flexibility index (Phi) is 5.38. The molecule has 2 atom stereocenters. The van der Waals surface area contributed by atoms with Gasteiger partial charge in [0.25, 0.3) is 0 Å². The molecule has 2 unspecified atom stereocenters. The van der Waals surface area contributed by atoms with Gasteiger partial charge in [0.2, 0.25) is 0 Å². The fourth-order valence-electron chi connectivity index (χ4n) is 3.00. The molecule has 4 nitrogen and oxygen atoms in total. The Morgan fingerprint density at radius 3 is 2.80 bits per heavy atom. The Bertz CT molecular complexity index is 448. The van der Waals surface area contributed by atoms with Crippen molar-refractivity contribution in [3.05, 3.63) is 23.0 Å². The number of hydrogen-bond donors (Lipinski definition) is 2. The summed E-state index contributed by atoms with van der Waals surface area (Å²) < 4.78 is 5.43. The zero-order chi connectivity index (χ0) is 14.5. The Hall–Kier alpha value is -1.13. The van der Waals surface area contributed by atoms with Gasteiger partial charge in [-0.05, 0) is 26.7 Å². The molecule has 0 saturated heterocycles. The van der Waals surface area contributed by atoms with Crippen LogP contribution in [-0.4, -0.2) is 29.3 Å². The fraction of sp³-hybridized carbons (Fsp3) is 0.688. The molecule has 1 aromatic heterocycles. The predicted octanol–water partition coefficient (Wildman–Crippen LogP) is 2.49. The SMILES string of the molecule is COc1c(C)cnc(CNC2CCCCCC2O)c1C. The second-order valence-corrected chi connectivity index (χ2v) is 5.74. The first kappa shape index (κ1) is 15.3. The van der Waals surface area contributed by atoms with Crippen LogP contribution >= 0.6 is 0 Å². The molecule has 112 valence electrons. The van der Waals surface area contributed by atoms with E-state index in [1.165, 1.54) is 12.8 Å². The topological polar surface area (TPSA) is 54.4 Å². The highest BCUT2D eigenvalue weighted by Gasteiger charge is 2.21. The highest BCUT2D eigenvalue weighted by atomic mass is 16.5. The Morgan fingerprint density at radius 1 is 1.30 bits per heavy atom. The van der Waals surface area contributed by atoms with Crippen LogP contribution in [0.1, 0.15) is 48.9 Å². The number of aromatic nitrogens is 1. The zero-order valence-electron chi connectivity index (χ0n) is 12.8. The van der Waals surface area contributed by atoms with Gasteiger partial charge in [-0.3, -0.25) is 4.98 Å². The molecule has 0 spiro atoms. The molecule has 0 aliphatic heterocycles. The fourth-order valence-corrected chi connectivity index (χ4v) is 3.00. The molecule has 2 N–H and O–H groups in total. The molecular weight excluding hydrogens is 252 g/mol. The minimum absolute atomic E-state index is 0.186. The first-order valence-electron chi connectivity index (χ1n) is 7.54. The molecule has 0 radical (unpaired) electrons. The molecule has 2 rings (SSSR count). The van der Waals surface area contributed by atoms with Gasteiger partial charge in [-0.2, -0.15) is 0 Å². The summed E-state index contributed by atoms with van der Waals surface area (Å²) in [6.07, 6.45) is 7.12. The molecule has 1 aromatic rings. The maximum atomic E-state index is 10.1. The van der Waals surface area contributed by atoms with Crippen LogP contribution in [0.25, 0.3) is 0 Å². The second-order valence-electron chi connectivity index (χ2n) is 5.74. The average molecular weight is 278 g/mol. The number of nitrogens with zero attached hydrogens (tertiary/aromatic N) is 1. The lowest BCUT2D eigenvalue weighted by molar-refractivity contribution is 0.119. The van der Waals surface area contributed by atoms with Crippen LogP contribution in [0.2, 0.25) is 0 Å². The van der Waals surface area contributed by atoms with Gasteiger partial charge in [-0.1, -0.05) is 19.3 Å². The van der Waals surface area contributed by atoms with E-state index in [1.807, 2.05) is 20.0 Å². The Morgan fingerprint density at radius 2 is 2.05 bits per heavy atom. The summed E-state index contributed by atoms with van der Waals surface area (Å²) in [7, 11) is 1.70. The van der Waals surface area contributed by atoms with E-state index in [0.717, 1.165) is 41.8 Å². The van der Waals surface area contributed by atoms with Crippen LogP contribution in [0, 0.1) is 13.8 Å². The minimum atomic E-state index is -0.231. The maximum Gasteiger partial charge on any atom is 0.128 e. The molecule has 1 fully saturated rings. The highest BCUT2D eigenvalue weighted by Crippen LogP contribution is 2.24. The average Bonchev–Trinajstić information content (AvgIpc) is 2.63. The third-order valence-electron chi connectivity index (χ3n) is 4.26. The lowest BCUT2D eigenvalue weighted by Gasteiger charge is -2.22. The van der Waals surface area contributed by atoms with Crippen LogP contribution in [0.3, 0.4) is 0 Å². The second kappa shape index (κ2) is 7.04. The number of aliphatic hydroxyl groups is 1. The standard InChI is InChI=1S/C16H26N2O2/c1-11-9-17-14(12(2)16(11)20-3)10-18-13-7-5-4-6-8-15(13)19/h9,13,15,18-19H,4-8,10H2,1-3H3. The van der Waals surface area contributed by atoms with E-state index >= 15 is 0 Å². The van der Waals surface area contributed by atoms with Gasteiger partial charge < -0.3 is 15.2 Å². The van der Waals surface area contributed by atoms with Crippen LogP contribution in [0.15, 0.2) is 6.20 Å². The van der Waals surface area contributed by atoms with E-state index in [9.17, 15) is 5.11 Å². The van der Waals surface area contributed by atoms with Crippen molar-refractivity contribution in [1.29, 1.82) is 0 Å². The van der Waals surface area contributed by atoms with Crippen molar-refractivity contribution >= 4 is 0 Å². The molecular formula is C16H26N2O2. The summed E-state index contributed by atoms with van der Waals surface area (Å²) in [4.78, 5) is 4.50. The summed E-state index contributed by atoms with van der Waals surface area (Å²) in [5.41, 5.74) is 3.15. The lowest BCUT2D eigenvalue weighted by atomic mass is 10.1. The molecule has 1 heterocycles. The smallest absolute Gasteiger partial charge is 0.128 e. The number of rotatable bonds is 4. The molecule has 1 aliphatic carbocycles. The van der Waals surface area contributed by atoms with Crippen molar-refractivity contribution in [3.8, 4) is 5.75 Å². The summed E-state index contributed by atoms with van der Waals surface area (Å²) in [5, 5.41) is 13.6. The third kappa shape index (κ3) is 3.49. The van der Waals surface area contributed by atoms with Gasteiger partial charge in [0, 0.05) is 29.9 Å². The van der Waals surface area contributed by atoms with Crippen molar-refractivity contribution in [2.24, 2.45) is 0 Å². The molecule has 4 heteroatoms. The van der Waals surface area contributed by atoms with Gasteiger partial charge in [-0.15, -0.1) is 0 Å². The van der Waals surface area contributed by atoms with Gasteiger partial charge in [0.1, 0.15) is 5.75 Å². The van der Waals surface area contributed by atoms with Crippen LogP contribution < -0.4 is 10.1 Å². The third-order valence-corrected chi connectivity index (χ3v) is 4.26. The van der Waals surface area contributed by atoms with Crippen molar-refractivity contribution in [2.75, 3.05) is 7.11 Å². The summed E-state index contributed by atoms with van der Waals surface area (Å²) in [5.74, 6) is 0.915. The maximum absolute atomic E-state index is 10.1. The van der Waals surface area contributed by atoms with Crippen molar-refractivity contribution < 1.29 is 9.84 Å². The van der Waals surface area contributed by atoms with Crippen LogP contribution in [-0.2, 0) is 6.54 Å². The molecule has 0 aromatic carbocycles. The minimum Gasteiger partial charge on any atom is -0.496 e. The van der Waals surface area contributed by atoms with Crippen LogP contribution in [0.4, 0.5) is 0 Å². The number of aliphatic hydroxyl groups excluding tert-OH is 1. The van der Waals surface area contributed by atoms with Gasteiger partial charge in [-0.25, -0.2) is 0 Å². The molecule has 20 heavy (non-hydrogen) atoms. The highest BCUT2D eigenvalue weighted by molar-refractivity contribution is 5.41. The van der Waals surface area contributed by atoms with E-state index in [0.29, 0.717) is 6.54 Å². The first-order valence-corrected chi connectivity index (χ1v) is 7.54. The Labute approximate surface area is 121 Å². The van der Waals surface area contributed by atoms with Gasteiger partial charge >= 0.3 is 0 Å². The monoisotopic (exact) mass is 278 g/mol. The molecule has 1 aliphatic rings. The van der Waals surface area contributed by atoms with E-state index in [4.69, 9.17) is 4.74 Å². The summed E-state index contributed by atoms with van der Waals surface area (Å²) >= 11 is 0. The number of pyridine rings is 1. The molecule has 0 bridgehead atoms. The van der Waals surface area contributed by atoms with Gasteiger partial charge in [0.05, 0.1) is 18.9 Å². The Balaban J connectivity index is 2.03. The van der Waals surface area contributed by atoms with Gasteiger partial charge in [0.15, 0.2) is 0 Å². The number of methoxy groups -OCH3 is 1. The summed E-state index contributed by atoms with van der Waals surface area (Å²) in [6, 6.07) is 0.186. The van der Waals surface area contributed by atoms with Crippen LogP contribution in [0.5, 0.6) is 5.75 Å². The number of hydrogen-bond acceptors (Lipinski definition) is 4. The number of ether oxygens (including phenoxy) is 1. The predicted molar refractivity (Wildman–Crippen MR) is 80.0 cm³/mol. The normalized spacial score (nSPS) is 23.4. The largest absolute Gasteiger partial charge is 0.496 e. The summed E-state index contributed by atoms with van der Waals surface area (Å²) in [6.45, 7) is 4.73. The van der Waals surface area contributed by atoms with E-state index in [1.54, 1.807) is 7.11 Å². The van der Waals surface area contributed by atoms with Crippen molar-refractivity contribution in [1.82, 2.24) is 10.3 Å². The number of nitrogens with one attached hydrogen (secondary N) is 1. The molecule has 1 saturated carbocycles. The first-order chi connectivity index (χ1) is 9.63. The molecule has 0 amide bonds.